The van der Waals surface area contributed by atoms with E-state index in [0.29, 0.717) is 19.1 Å². The van der Waals surface area contributed by atoms with Crippen LogP contribution in [0.15, 0.2) is 30.3 Å². The predicted octanol–water partition coefficient (Wildman–Crippen LogP) is 2.45. The van der Waals surface area contributed by atoms with Crippen molar-refractivity contribution in [2.24, 2.45) is 5.92 Å². The van der Waals surface area contributed by atoms with Gasteiger partial charge in [0.15, 0.2) is 0 Å². The summed E-state index contributed by atoms with van der Waals surface area (Å²) in [5.41, 5.74) is 0. The average molecular weight is 251 g/mol. The molecule has 2 N–H and O–H groups in total. The summed E-state index contributed by atoms with van der Waals surface area (Å²) < 4.78 is 5.56. The fraction of sp³-hybridized carbons (Fsp3) is 0.600. The summed E-state index contributed by atoms with van der Waals surface area (Å²) in [6.07, 6.45) is 1.80. The highest BCUT2D eigenvalue weighted by molar-refractivity contribution is 5.20. The number of hydrogen-bond acceptors (Lipinski definition) is 3. The van der Waals surface area contributed by atoms with Crippen LogP contribution in [-0.2, 0) is 0 Å². The Hall–Kier alpha value is -1.06. The molecule has 0 amide bonds. The van der Waals surface area contributed by atoms with Crippen LogP contribution in [0.4, 0.5) is 0 Å². The molecule has 1 rings (SSSR count). The van der Waals surface area contributed by atoms with E-state index in [9.17, 15) is 5.11 Å². The van der Waals surface area contributed by atoms with Crippen molar-refractivity contribution in [3.63, 3.8) is 0 Å². The van der Waals surface area contributed by atoms with E-state index in [1.165, 1.54) is 0 Å². The lowest BCUT2D eigenvalue weighted by Crippen LogP contribution is -2.34. The third-order valence-corrected chi connectivity index (χ3v) is 3.24. The Morgan fingerprint density at radius 2 is 1.83 bits per heavy atom. The van der Waals surface area contributed by atoms with Crippen LogP contribution in [0.2, 0.25) is 0 Å². The van der Waals surface area contributed by atoms with Crippen LogP contribution in [0.3, 0.4) is 0 Å². The Kier molecular flexibility index (Phi) is 7.46. The van der Waals surface area contributed by atoms with Gasteiger partial charge in [0.1, 0.15) is 12.4 Å². The summed E-state index contributed by atoms with van der Waals surface area (Å²) in [4.78, 5) is 0. The van der Waals surface area contributed by atoms with Gasteiger partial charge in [0.25, 0.3) is 0 Å². The summed E-state index contributed by atoms with van der Waals surface area (Å²) in [5.74, 6) is 1.28. The maximum atomic E-state index is 9.92. The van der Waals surface area contributed by atoms with E-state index >= 15 is 0 Å². The molecule has 1 aromatic rings. The molecule has 0 fully saturated rings. The van der Waals surface area contributed by atoms with Crippen molar-refractivity contribution in [2.45, 2.75) is 32.8 Å². The van der Waals surface area contributed by atoms with Crippen molar-refractivity contribution < 1.29 is 9.84 Å². The highest BCUT2D eigenvalue weighted by Gasteiger charge is 2.14. The van der Waals surface area contributed by atoms with E-state index in [2.05, 4.69) is 19.2 Å². The third-order valence-electron chi connectivity index (χ3n) is 3.24. The molecule has 0 saturated heterocycles. The second-order valence-electron chi connectivity index (χ2n) is 4.51. The molecule has 1 atom stereocenters. The van der Waals surface area contributed by atoms with Crippen LogP contribution in [0.5, 0.6) is 5.75 Å². The van der Waals surface area contributed by atoms with E-state index in [1.54, 1.807) is 0 Å². The zero-order valence-corrected chi connectivity index (χ0v) is 11.4. The van der Waals surface area contributed by atoms with Crippen LogP contribution >= 0.6 is 0 Å². The van der Waals surface area contributed by atoms with Gasteiger partial charge in [-0.15, -0.1) is 0 Å². The van der Waals surface area contributed by atoms with Crippen LogP contribution in [0.25, 0.3) is 0 Å². The number of benzene rings is 1. The van der Waals surface area contributed by atoms with Crippen molar-refractivity contribution in [2.75, 3.05) is 19.7 Å². The normalized spacial score (nSPS) is 12.7. The first-order valence-electron chi connectivity index (χ1n) is 6.84. The summed E-state index contributed by atoms with van der Waals surface area (Å²) in [6, 6.07) is 9.77. The second kappa shape index (κ2) is 8.95. The molecule has 0 aliphatic carbocycles. The molecule has 3 nitrogen and oxygen atoms in total. The topological polar surface area (TPSA) is 41.5 Å². The molecule has 1 unspecified atom stereocenters. The molecule has 0 saturated carbocycles. The monoisotopic (exact) mass is 251 g/mol. The molecule has 102 valence electrons. The lowest BCUT2D eigenvalue weighted by atomic mass is 9.97. The van der Waals surface area contributed by atoms with Gasteiger partial charge in [-0.25, -0.2) is 0 Å². The van der Waals surface area contributed by atoms with Crippen molar-refractivity contribution in [3.05, 3.63) is 30.3 Å². The zero-order valence-electron chi connectivity index (χ0n) is 11.4. The van der Waals surface area contributed by atoms with Crippen LogP contribution < -0.4 is 10.1 Å². The number of hydrogen-bond donors (Lipinski definition) is 2. The van der Waals surface area contributed by atoms with E-state index < -0.39 is 0 Å². The lowest BCUT2D eigenvalue weighted by Gasteiger charge is -2.20. The smallest absolute Gasteiger partial charge is 0.119 e. The summed E-state index contributed by atoms with van der Waals surface area (Å²) in [7, 11) is 0. The van der Waals surface area contributed by atoms with Gasteiger partial charge in [0.05, 0.1) is 6.10 Å². The first kappa shape index (κ1) is 15.0. The van der Waals surface area contributed by atoms with Crippen molar-refractivity contribution >= 4 is 0 Å². The van der Waals surface area contributed by atoms with E-state index in [-0.39, 0.29) is 6.10 Å². The van der Waals surface area contributed by atoms with Gasteiger partial charge in [0.2, 0.25) is 0 Å². The quantitative estimate of drug-likeness (QED) is 0.662. The number of aliphatic hydroxyl groups is 1. The molecule has 18 heavy (non-hydrogen) atoms. The summed E-state index contributed by atoms with van der Waals surface area (Å²) in [6.45, 7) is 6.27. The maximum absolute atomic E-state index is 9.92. The fourth-order valence-corrected chi connectivity index (χ4v) is 2.01. The van der Waals surface area contributed by atoms with Gasteiger partial charge in [-0.1, -0.05) is 44.9 Å². The van der Waals surface area contributed by atoms with E-state index in [0.717, 1.165) is 25.1 Å². The van der Waals surface area contributed by atoms with Crippen LogP contribution in [-0.4, -0.2) is 30.9 Å². The van der Waals surface area contributed by atoms with Gasteiger partial charge < -0.3 is 15.2 Å². The molecular weight excluding hydrogens is 226 g/mol. The van der Waals surface area contributed by atoms with Crippen LogP contribution in [0, 0.1) is 5.92 Å². The maximum Gasteiger partial charge on any atom is 0.119 e. The molecule has 1 aromatic carbocycles. The number of aliphatic hydroxyl groups excluding tert-OH is 1. The highest BCUT2D eigenvalue weighted by atomic mass is 16.5. The number of rotatable bonds is 9. The van der Waals surface area contributed by atoms with Crippen molar-refractivity contribution in [3.8, 4) is 5.75 Å². The number of ether oxygens (including phenoxy) is 1. The van der Waals surface area contributed by atoms with E-state index in [4.69, 9.17) is 4.74 Å². The molecule has 0 radical (unpaired) electrons. The average Bonchev–Trinajstić information content (AvgIpc) is 2.41. The molecule has 0 spiro atoms. The lowest BCUT2D eigenvalue weighted by molar-refractivity contribution is 0.100. The van der Waals surface area contributed by atoms with Gasteiger partial charge in [-0.05, 0) is 18.1 Å². The Morgan fingerprint density at radius 1 is 1.17 bits per heavy atom. The van der Waals surface area contributed by atoms with Gasteiger partial charge in [-0.3, -0.25) is 0 Å². The Bertz CT molecular complexity index is 299. The predicted molar refractivity (Wildman–Crippen MR) is 74.9 cm³/mol. The minimum atomic E-state index is -0.253. The molecule has 0 aliphatic heterocycles. The van der Waals surface area contributed by atoms with Crippen LogP contribution in [0.1, 0.15) is 26.7 Å². The summed E-state index contributed by atoms with van der Waals surface area (Å²) >= 11 is 0. The van der Waals surface area contributed by atoms with Crippen molar-refractivity contribution in [1.82, 2.24) is 5.32 Å². The Morgan fingerprint density at radius 3 is 2.44 bits per heavy atom. The SMILES string of the molecule is CCC(CC)C(O)CNCCOc1ccccc1. The Labute approximate surface area is 110 Å². The standard InChI is InChI=1S/C15H25NO2/c1-3-13(4-2)15(17)12-16-10-11-18-14-8-6-5-7-9-14/h5-9,13,15-17H,3-4,10-12H2,1-2H3. The molecule has 0 bridgehead atoms. The fourth-order valence-electron chi connectivity index (χ4n) is 2.01. The molecule has 0 aromatic heterocycles. The molecule has 0 heterocycles. The third kappa shape index (κ3) is 5.52. The van der Waals surface area contributed by atoms with Crippen molar-refractivity contribution in [1.29, 1.82) is 0 Å². The molecule has 0 aliphatic rings. The second-order valence-corrected chi connectivity index (χ2v) is 4.51. The first-order chi connectivity index (χ1) is 8.77. The largest absolute Gasteiger partial charge is 0.492 e. The molecule has 3 heteroatoms. The minimum Gasteiger partial charge on any atom is -0.492 e. The minimum absolute atomic E-state index is 0.253. The zero-order chi connectivity index (χ0) is 13.2. The van der Waals surface area contributed by atoms with Gasteiger partial charge in [0, 0.05) is 13.1 Å². The number of para-hydroxylation sites is 1. The molecular formula is C15H25NO2. The van der Waals surface area contributed by atoms with Gasteiger partial charge in [-0.2, -0.15) is 0 Å². The Balaban J connectivity index is 2.08. The summed E-state index contributed by atoms with van der Waals surface area (Å²) in [5, 5.41) is 13.2. The first-order valence-corrected chi connectivity index (χ1v) is 6.84. The van der Waals surface area contributed by atoms with E-state index in [1.807, 2.05) is 30.3 Å². The highest BCUT2D eigenvalue weighted by Crippen LogP contribution is 2.12. The van der Waals surface area contributed by atoms with Gasteiger partial charge >= 0.3 is 0 Å². The number of nitrogens with one attached hydrogen (secondary N) is 1.